The van der Waals surface area contributed by atoms with Crippen LogP contribution in [0.1, 0.15) is 29.5 Å². The molecule has 170 valence electrons. The van der Waals surface area contributed by atoms with Crippen LogP contribution >= 0.6 is 0 Å². The van der Waals surface area contributed by atoms with Gasteiger partial charge in [0.25, 0.3) is 0 Å². The summed E-state index contributed by atoms with van der Waals surface area (Å²) in [6.45, 7) is 0.534. The summed E-state index contributed by atoms with van der Waals surface area (Å²) < 4.78 is 27.2. The van der Waals surface area contributed by atoms with Gasteiger partial charge in [-0.05, 0) is 67.4 Å². The number of hydrogen-bond donors (Lipinski definition) is 1. The Morgan fingerprint density at radius 1 is 0.853 bits per heavy atom. The molecule has 0 atom stereocenters. The highest BCUT2D eigenvalue weighted by atomic mass is 32.2. The molecule has 7 heteroatoms. The molecule has 1 N–H and O–H groups in total. The quantitative estimate of drug-likeness (QED) is 0.585. The molecule has 0 unspecified atom stereocenters. The predicted molar refractivity (Wildman–Crippen MR) is 130 cm³/mol. The van der Waals surface area contributed by atoms with Crippen LogP contribution in [0.5, 0.6) is 0 Å². The average molecular weight is 470 g/mol. The van der Waals surface area contributed by atoms with Crippen LogP contribution in [0.3, 0.4) is 0 Å². The first-order valence-electron chi connectivity index (χ1n) is 10.9. The molecular weight excluding hydrogens is 446 g/mol. The maximum absolute atomic E-state index is 12.9. The van der Waals surface area contributed by atoms with Crippen molar-refractivity contribution >= 4 is 21.6 Å². The Labute approximate surface area is 199 Å². The minimum Gasteiger partial charge on any atom is -0.326 e. The number of nitrogens with one attached hydrogen (secondary N) is 1. The number of anilines is 1. The number of piperidine rings is 1. The van der Waals surface area contributed by atoms with E-state index in [2.05, 4.69) is 17.2 Å². The van der Waals surface area contributed by atoms with Gasteiger partial charge in [0.1, 0.15) is 0 Å². The van der Waals surface area contributed by atoms with Crippen LogP contribution in [0, 0.1) is 29.1 Å². The van der Waals surface area contributed by atoms with E-state index in [1.165, 1.54) is 28.6 Å². The van der Waals surface area contributed by atoms with E-state index in [0.29, 0.717) is 24.1 Å². The number of carbonyl (C=O) groups is 1. The van der Waals surface area contributed by atoms with Crippen LogP contribution < -0.4 is 5.32 Å². The van der Waals surface area contributed by atoms with E-state index in [-0.39, 0.29) is 29.8 Å². The normalized spacial score (nSPS) is 14.4. The van der Waals surface area contributed by atoms with E-state index in [4.69, 9.17) is 5.26 Å². The SMILES string of the molecule is N#Cc1ccc(S(=O)(=O)N2CCC(C(=O)Nc3cccc(C#Cc4ccccc4)c3)CC2)cc1. The van der Waals surface area contributed by atoms with Gasteiger partial charge in [-0.25, -0.2) is 8.42 Å². The predicted octanol–water partition coefficient (Wildman–Crippen LogP) is 4.00. The topological polar surface area (TPSA) is 90.3 Å². The second kappa shape index (κ2) is 10.4. The number of rotatable bonds is 4. The Morgan fingerprint density at radius 3 is 2.18 bits per heavy atom. The monoisotopic (exact) mass is 469 g/mol. The second-order valence-corrected chi connectivity index (χ2v) is 9.94. The summed E-state index contributed by atoms with van der Waals surface area (Å²) >= 11 is 0. The van der Waals surface area contributed by atoms with Crippen molar-refractivity contribution in [2.75, 3.05) is 18.4 Å². The van der Waals surface area contributed by atoms with Crippen molar-refractivity contribution < 1.29 is 13.2 Å². The molecule has 0 saturated carbocycles. The first-order valence-corrected chi connectivity index (χ1v) is 12.4. The summed E-state index contributed by atoms with van der Waals surface area (Å²) in [5.74, 6) is 5.82. The summed E-state index contributed by atoms with van der Waals surface area (Å²) in [5, 5.41) is 11.8. The average Bonchev–Trinajstić information content (AvgIpc) is 2.88. The van der Waals surface area contributed by atoms with Gasteiger partial charge in [0.05, 0.1) is 16.5 Å². The molecule has 1 amide bonds. The maximum Gasteiger partial charge on any atom is 0.243 e. The zero-order valence-corrected chi connectivity index (χ0v) is 19.3. The molecular formula is C27H23N3O3S. The van der Waals surface area contributed by atoms with Crippen molar-refractivity contribution in [3.63, 3.8) is 0 Å². The van der Waals surface area contributed by atoms with Crippen molar-refractivity contribution in [2.45, 2.75) is 17.7 Å². The van der Waals surface area contributed by atoms with E-state index in [1.807, 2.05) is 60.7 Å². The number of amides is 1. The first-order chi connectivity index (χ1) is 16.5. The molecule has 1 fully saturated rings. The fraction of sp³-hybridized carbons (Fsp3) is 0.185. The van der Waals surface area contributed by atoms with E-state index in [1.54, 1.807) is 0 Å². The molecule has 1 aliphatic rings. The van der Waals surface area contributed by atoms with Gasteiger partial charge in [0, 0.05) is 35.8 Å². The molecule has 34 heavy (non-hydrogen) atoms. The minimum atomic E-state index is -3.65. The third kappa shape index (κ3) is 5.52. The molecule has 0 aromatic heterocycles. The van der Waals surface area contributed by atoms with Crippen LogP contribution in [0.15, 0.2) is 83.8 Å². The summed E-state index contributed by atoms with van der Waals surface area (Å²) in [6, 6.07) is 24.9. The summed E-state index contributed by atoms with van der Waals surface area (Å²) in [7, 11) is -3.65. The molecule has 0 spiro atoms. The number of nitrogens with zero attached hydrogens (tertiary/aromatic N) is 2. The van der Waals surface area contributed by atoms with E-state index < -0.39 is 10.0 Å². The lowest BCUT2D eigenvalue weighted by molar-refractivity contribution is -0.120. The highest BCUT2D eigenvalue weighted by molar-refractivity contribution is 7.89. The molecule has 3 aromatic carbocycles. The summed E-state index contributed by atoms with van der Waals surface area (Å²) in [6.07, 6.45) is 0.879. The van der Waals surface area contributed by atoms with Gasteiger partial charge in [-0.1, -0.05) is 36.1 Å². The number of hydrogen-bond acceptors (Lipinski definition) is 4. The lowest BCUT2D eigenvalue weighted by Gasteiger charge is -2.30. The van der Waals surface area contributed by atoms with Crippen LogP contribution in [-0.2, 0) is 14.8 Å². The fourth-order valence-electron chi connectivity index (χ4n) is 3.79. The zero-order chi connectivity index (χ0) is 24.0. The molecule has 1 aliphatic heterocycles. The number of carbonyl (C=O) groups excluding carboxylic acids is 1. The van der Waals surface area contributed by atoms with Gasteiger partial charge < -0.3 is 5.32 Å². The highest BCUT2D eigenvalue weighted by Crippen LogP contribution is 2.25. The summed E-state index contributed by atoms with van der Waals surface area (Å²) in [4.78, 5) is 13.0. The van der Waals surface area contributed by atoms with E-state index >= 15 is 0 Å². The first kappa shape index (κ1) is 23.3. The van der Waals surface area contributed by atoms with Crippen LogP contribution in [-0.4, -0.2) is 31.7 Å². The summed E-state index contributed by atoms with van der Waals surface area (Å²) in [5.41, 5.74) is 2.78. The Hall–Kier alpha value is -3.91. The van der Waals surface area contributed by atoms with Crippen molar-refractivity contribution in [3.8, 4) is 17.9 Å². The van der Waals surface area contributed by atoms with Crippen molar-refractivity contribution in [1.29, 1.82) is 5.26 Å². The van der Waals surface area contributed by atoms with Crippen LogP contribution in [0.25, 0.3) is 0 Å². The van der Waals surface area contributed by atoms with Crippen molar-refractivity contribution in [2.24, 2.45) is 5.92 Å². The molecule has 1 heterocycles. The van der Waals surface area contributed by atoms with Crippen molar-refractivity contribution in [1.82, 2.24) is 4.31 Å². The molecule has 0 aliphatic carbocycles. The Bertz CT molecular complexity index is 1370. The molecule has 1 saturated heterocycles. The molecule has 4 rings (SSSR count). The van der Waals surface area contributed by atoms with E-state index in [9.17, 15) is 13.2 Å². The Balaban J connectivity index is 1.36. The second-order valence-electron chi connectivity index (χ2n) is 8.00. The fourth-order valence-corrected chi connectivity index (χ4v) is 5.26. The standard InChI is InChI=1S/C27H23N3O3S/c28-20-23-11-13-26(14-12-23)34(32,33)30-17-15-24(16-18-30)27(31)29-25-8-4-7-22(19-25)10-9-21-5-2-1-3-6-21/h1-8,11-14,19,24H,15-18H2,(H,29,31). The number of sulfonamides is 1. The molecule has 3 aromatic rings. The van der Waals surface area contributed by atoms with Gasteiger partial charge in [-0.15, -0.1) is 0 Å². The van der Waals surface area contributed by atoms with Crippen molar-refractivity contribution in [3.05, 3.63) is 95.6 Å². The Morgan fingerprint density at radius 2 is 1.50 bits per heavy atom. The molecule has 0 radical (unpaired) electrons. The molecule has 6 nitrogen and oxygen atoms in total. The van der Waals surface area contributed by atoms with Gasteiger partial charge in [0.15, 0.2) is 0 Å². The van der Waals surface area contributed by atoms with Crippen LogP contribution in [0.4, 0.5) is 5.69 Å². The lowest BCUT2D eigenvalue weighted by atomic mass is 9.97. The number of nitriles is 1. The van der Waals surface area contributed by atoms with Gasteiger partial charge in [-0.3, -0.25) is 4.79 Å². The number of benzene rings is 3. The maximum atomic E-state index is 12.9. The molecule has 0 bridgehead atoms. The third-order valence-corrected chi connectivity index (χ3v) is 7.61. The zero-order valence-electron chi connectivity index (χ0n) is 18.4. The van der Waals surface area contributed by atoms with Gasteiger partial charge in [-0.2, -0.15) is 9.57 Å². The minimum absolute atomic E-state index is 0.122. The van der Waals surface area contributed by atoms with Crippen LogP contribution in [0.2, 0.25) is 0 Å². The Kier molecular flexibility index (Phi) is 7.08. The third-order valence-electron chi connectivity index (χ3n) is 5.70. The van der Waals surface area contributed by atoms with E-state index in [0.717, 1.165) is 11.1 Å². The lowest BCUT2D eigenvalue weighted by Crippen LogP contribution is -2.41. The highest BCUT2D eigenvalue weighted by Gasteiger charge is 2.32. The smallest absolute Gasteiger partial charge is 0.243 e. The van der Waals surface area contributed by atoms with Gasteiger partial charge >= 0.3 is 0 Å². The van der Waals surface area contributed by atoms with Gasteiger partial charge in [0.2, 0.25) is 15.9 Å². The largest absolute Gasteiger partial charge is 0.326 e.